The van der Waals surface area contributed by atoms with Crippen LogP contribution in [0.4, 0.5) is 0 Å². The van der Waals surface area contributed by atoms with Crippen molar-refractivity contribution in [2.24, 2.45) is 0 Å². The zero-order valence-electron chi connectivity index (χ0n) is 7.57. The van der Waals surface area contributed by atoms with Gasteiger partial charge in [0.1, 0.15) is 0 Å². The Morgan fingerprint density at radius 2 is 2.31 bits per heavy atom. The van der Waals surface area contributed by atoms with Crippen LogP contribution in [0.25, 0.3) is 0 Å². The van der Waals surface area contributed by atoms with Crippen molar-refractivity contribution in [3.63, 3.8) is 0 Å². The van der Waals surface area contributed by atoms with Gasteiger partial charge in [-0.25, -0.2) is 0 Å². The van der Waals surface area contributed by atoms with E-state index < -0.39 is 0 Å². The van der Waals surface area contributed by atoms with Gasteiger partial charge >= 0.3 is 0 Å². The van der Waals surface area contributed by atoms with E-state index in [1.54, 1.807) is 6.20 Å². The third-order valence-electron chi connectivity index (χ3n) is 2.17. The minimum atomic E-state index is 0.846. The lowest BCUT2D eigenvalue weighted by Crippen LogP contribution is -2.35. The van der Waals surface area contributed by atoms with E-state index in [1.807, 2.05) is 12.1 Å². The smallest absolute Gasteiger partial charge is 0.0594 e. The molecule has 1 radical (unpaired) electrons. The first-order valence-corrected chi connectivity index (χ1v) is 4.56. The lowest BCUT2D eigenvalue weighted by Gasteiger charge is -2.25. The molecule has 0 bridgehead atoms. The van der Waals surface area contributed by atoms with Gasteiger partial charge in [-0.05, 0) is 6.07 Å². The largest absolute Gasteiger partial charge is 0.379 e. The van der Waals surface area contributed by atoms with Crippen LogP contribution in [-0.4, -0.2) is 36.2 Å². The number of hydrogen-bond donors (Lipinski definition) is 0. The molecule has 13 heavy (non-hydrogen) atoms. The molecular weight excluding hydrogens is 164 g/mol. The number of pyridine rings is 1. The number of hydrogen-bond acceptors (Lipinski definition) is 3. The Morgan fingerprint density at radius 3 is 3.00 bits per heavy atom. The molecule has 1 saturated heterocycles. The van der Waals surface area contributed by atoms with Crippen molar-refractivity contribution in [3.05, 3.63) is 30.1 Å². The van der Waals surface area contributed by atoms with Gasteiger partial charge in [0.05, 0.1) is 18.9 Å². The van der Waals surface area contributed by atoms with Gasteiger partial charge in [-0.3, -0.25) is 9.88 Å². The molecule has 1 aromatic rings. The Hall–Kier alpha value is -0.930. The van der Waals surface area contributed by atoms with Gasteiger partial charge < -0.3 is 4.74 Å². The molecule has 1 fully saturated rings. The molecule has 2 rings (SSSR count). The fourth-order valence-electron chi connectivity index (χ4n) is 1.43. The van der Waals surface area contributed by atoms with Crippen molar-refractivity contribution in [3.8, 4) is 0 Å². The molecule has 3 nitrogen and oxygen atoms in total. The predicted octanol–water partition coefficient (Wildman–Crippen LogP) is 0.714. The summed E-state index contributed by atoms with van der Waals surface area (Å²) in [6.45, 7) is 4.65. The molecule has 0 atom stereocenters. The molecule has 0 unspecified atom stereocenters. The lowest BCUT2D eigenvalue weighted by atomic mass is 10.3. The van der Waals surface area contributed by atoms with Gasteiger partial charge in [0.25, 0.3) is 0 Å². The number of morpholine rings is 1. The summed E-state index contributed by atoms with van der Waals surface area (Å²) in [4.78, 5) is 6.59. The first-order valence-electron chi connectivity index (χ1n) is 4.56. The predicted molar refractivity (Wildman–Crippen MR) is 49.2 cm³/mol. The highest BCUT2D eigenvalue weighted by Gasteiger charge is 2.10. The van der Waals surface area contributed by atoms with E-state index in [9.17, 15) is 0 Å². The van der Waals surface area contributed by atoms with Crippen LogP contribution in [0, 0.1) is 6.07 Å². The summed E-state index contributed by atoms with van der Waals surface area (Å²) in [6.07, 6.45) is 1.72. The molecule has 1 aliphatic rings. The first kappa shape index (κ1) is 8.66. The maximum Gasteiger partial charge on any atom is 0.0594 e. The van der Waals surface area contributed by atoms with E-state index in [0.717, 1.165) is 38.5 Å². The Morgan fingerprint density at radius 1 is 1.46 bits per heavy atom. The van der Waals surface area contributed by atoms with Crippen LogP contribution < -0.4 is 0 Å². The monoisotopic (exact) mass is 177 g/mol. The molecule has 3 heteroatoms. The lowest BCUT2D eigenvalue weighted by molar-refractivity contribution is 0.0336. The van der Waals surface area contributed by atoms with E-state index in [2.05, 4.69) is 16.0 Å². The van der Waals surface area contributed by atoms with E-state index in [0.29, 0.717) is 0 Å². The molecule has 0 aliphatic carbocycles. The van der Waals surface area contributed by atoms with E-state index >= 15 is 0 Å². The van der Waals surface area contributed by atoms with Crippen LogP contribution in [0.3, 0.4) is 0 Å². The fraction of sp³-hybridized carbons (Fsp3) is 0.500. The van der Waals surface area contributed by atoms with Crippen LogP contribution in [0.2, 0.25) is 0 Å². The van der Waals surface area contributed by atoms with Gasteiger partial charge in [-0.15, -0.1) is 0 Å². The second-order valence-corrected chi connectivity index (χ2v) is 3.14. The van der Waals surface area contributed by atoms with E-state index in [4.69, 9.17) is 4.74 Å². The second kappa shape index (κ2) is 4.35. The molecule has 0 amide bonds. The van der Waals surface area contributed by atoms with Gasteiger partial charge in [0.2, 0.25) is 0 Å². The van der Waals surface area contributed by atoms with E-state index in [-0.39, 0.29) is 0 Å². The van der Waals surface area contributed by atoms with Gasteiger partial charge in [-0.1, -0.05) is 6.07 Å². The van der Waals surface area contributed by atoms with Crippen molar-refractivity contribution < 1.29 is 4.74 Å². The van der Waals surface area contributed by atoms with Crippen molar-refractivity contribution >= 4 is 0 Å². The maximum atomic E-state index is 5.27. The Labute approximate surface area is 78.3 Å². The summed E-state index contributed by atoms with van der Waals surface area (Å²) in [7, 11) is 0. The van der Waals surface area contributed by atoms with Crippen LogP contribution in [0.15, 0.2) is 18.3 Å². The summed E-state index contributed by atoms with van der Waals surface area (Å²) >= 11 is 0. The molecule has 0 aromatic carbocycles. The molecule has 0 N–H and O–H groups in total. The fourth-order valence-corrected chi connectivity index (χ4v) is 1.43. The summed E-state index contributed by atoms with van der Waals surface area (Å²) in [5.41, 5.74) is 1.11. The topological polar surface area (TPSA) is 25.4 Å². The van der Waals surface area contributed by atoms with Crippen LogP contribution in [0.5, 0.6) is 0 Å². The average Bonchev–Trinajstić information content (AvgIpc) is 2.21. The van der Waals surface area contributed by atoms with Crippen molar-refractivity contribution in [1.82, 2.24) is 9.88 Å². The van der Waals surface area contributed by atoms with E-state index in [1.165, 1.54) is 0 Å². The summed E-state index contributed by atoms with van der Waals surface area (Å²) in [5.74, 6) is 0. The first-order chi connectivity index (χ1) is 6.45. The molecular formula is C10H13N2O. The highest BCUT2D eigenvalue weighted by atomic mass is 16.5. The highest BCUT2D eigenvalue weighted by molar-refractivity contribution is 5.02. The van der Waals surface area contributed by atoms with Crippen LogP contribution in [-0.2, 0) is 11.3 Å². The summed E-state index contributed by atoms with van der Waals surface area (Å²) in [5, 5.41) is 0. The van der Waals surface area contributed by atoms with Crippen molar-refractivity contribution in [1.29, 1.82) is 0 Å². The summed E-state index contributed by atoms with van der Waals surface area (Å²) in [6, 6.07) is 6.83. The average molecular weight is 177 g/mol. The zero-order chi connectivity index (χ0) is 8.93. The minimum absolute atomic E-state index is 0.846. The number of ether oxygens (including phenoxy) is 1. The third kappa shape index (κ3) is 2.50. The molecule has 1 aromatic heterocycles. The van der Waals surface area contributed by atoms with Gasteiger partial charge in [-0.2, -0.15) is 0 Å². The standard InChI is InChI=1S/C10H13N2O/c1-2-4-11-10(3-1)9-12-5-7-13-8-6-12/h1,3-4H,5-9H2. The second-order valence-electron chi connectivity index (χ2n) is 3.14. The Bertz CT molecular complexity index is 244. The van der Waals surface area contributed by atoms with Crippen molar-refractivity contribution in [2.75, 3.05) is 26.3 Å². The molecule has 1 aliphatic heterocycles. The van der Waals surface area contributed by atoms with Crippen LogP contribution in [0.1, 0.15) is 5.69 Å². The van der Waals surface area contributed by atoms with Gasteiger partial charge in [0, 0.05) is 31.9 Å². The molecule has 69 valence electrons. The number of aromatic nitrogens is 1. The van der Waals surface area contributed by atoms with Crippen molar-refractivity contribution in [2.45, 2.75) is 6.54 Å². The quantitative estimate of drug-likeness (QED) is 0.665. The Balaban J connectivity index is 1.90. The SMILES string of the molecule is [c]1ccc(CN2CCOCC2)nc1. The Kier molecular flexibility index (Phi) is 2.90. The molecule has 2 heterocycles. The highest BCUT2D eigenvalue weighted by Crippen LogP contribution is 2.03. The normalized spacial score (nSPS) is 18.8. The zero-order valence-corrected chi connectivity index (χ0v) is 7.57. The number of nitrogens with zero attached hydrogens (tertiary/aromatic N) is 2. The minimum Gasteiger partial charge on any atom is -0.379 e. The maximum absolute atomic E-state index is 5.27. The number of rotatable bonds is 2. The molecule has 0 spiro atoms. The third-order valence-corrected chi connectivity index (χ3v) is 2.17. The summed E-state index contributed by atoms with van der Waals surface area (Å²) < 4.78 is 5.27. The van der Waals surface area contributed by atoms with Crippen LogP contribution >= 0.6 is 0 Å². The molecule has 0 saturated carbocycles. The van der Waals surface area contributed by atoms with Gasteiger partial charge in [0.15, 0.2) is 0 Å².